The average Bonchev–Trinajstić information content (AvgIpc) is 2.61. The van der Waals surface area contributed by atoms with Crippen LogP contribution in [0.25, 0.3) is 0 Å². The molecule has 1 N–H and O–H groups in total. The Bertz CT molecular complexity index is 810. The van der Waals surface area contributed by atoms with Crippen molar-refractivity contribution in [2.45, 2.75) is 12.4 Å². The Morgan fingerprint density at radius 3 is 2.43 bits per heavy atom. The molecule has 1 unspecified atom stereocenters. The lowest BCUT2D eigenvalue weighted by Gasteiger charge is -2.16. The minimum absolute atomic E-state index is 0.0691. The highest BCUT2D eigenvalue weighted by Gasteiger charge is 2.22. The molecule has 1 amide bonds. The van der Waals surface area contributed by atoms with E-state index < -0.39 is 31.3 Å². The van der Waals surface area contributed by atoms with Gasteiger partial charge in [0.15, 0.2) is 0 Å². The molecule has 4 heteroatoms. The molecule has 21 heavy (non-hydrogen) atoms. The molecule has 0 aliphatic carbocycles. The smallest absolute Gasteiger partial charge is 0.328 e. The zero-order valence-electron chi connectivity index (χ0n) is 17.0. The van der Waals surface area contributed by atoms with Gasteiger partial charge in [-0.3, -0.25) is 4.79 Å². The number of carbonyl (C=O) groups is 2. The van der Waals surface area contributed by atoms with Crippen molar-refractivity contribution >= 4 is 11.9 Å². The predicted octanol–water partition coefficient (Wildman–Crippen LogP) is 2.20. The SMILES string of the molecule is [2H]C([2H])([2H])OC(=O)C([2H])(NC(=O)c1ccccc1)C([2H])([2H])c1ccccc1. The van der Waals surface area contributed by atoms with E-state index in [1.165, 1.54) is 36.4 Å². The van der Waals surface area contributed by atoms with Gasteiger partial charge in [-0.05, 0) is 17.7 Å². The summed E-state index contributed by atoms with van der Waals surface area (Å²) in [5.41, 5.74) is -0.0319. The summed E-state index contributed by atoms with van der Waals surface area (Å²) in [6, 6.07) is 11.7. The molecule has 0 bridgehead atoms. The van der Waals surface area contributed by atoms with Gasteiger partial charge in [0.1, 0.15) is 6.02 Å². The molecule has 2 aromatic carbocycles. The Kier molecular flexibility index (Phi) is 2.97. The van der Waals surface area contributed by atoms with Crippen molar-refractivity contribution in [2.75, 3.05) is 7.04 Å². The predicted molar refractivity (Wildman–Crippen MR) is 79.9 cm³/mol. The summed E-state index contributed by atoms with van der Waals surface area (Å²) < 4.78 is 50.5. The van der Waals surface area contributed by atoms with Crippen molar-refractivity contribution in [1.29, 1.82) is 0 Å². The van der Waals surface area contributed by atoms with E-state index in [-0.39, 0.29) is 11.1 Å². The summed E-state index contributed by atoms with van der Waals surface area (Å²) in [5, 5.41) is 2.00. The molecule has 0 aliphatic rings. The van der Waals surface area contributed by atoms with E-state index in [1.807, 2.05) is 5.32 Å². The minimum Gasteiger partial charge on any atom is -0.467 e. The van der Waals surface area contributed by atoms with E-state index in [0.717, 1.165) is 0 Å². The van der Waals surface area contributed by atoms with Crippen LogP contribution in [-0.2, 0) is 15.9 Å². The van der Waals surface area contributed by atoms with Crippen molar-refractivity contribution < 1.29 is 22.6 Å². The van der Waals surface area contributed by atoms with Gasteiger partial charge in [-0.25, -0.2) is 4.79 Å². The summed E-state index contributed by atoms with van der Waals surface area (Å²) >= 11 is 0. The molecule has 2 aromatic rings. The maximum atomic E-state index is 12.5. The number of nitrogens with one attached hydrogen (secondary N) is 1. The van der Waals surface area contributed by atoms with Gasteiger partial charge >= 0.3 is 5.97 Å². The molecule has 0 spiro atoms. The van der Waals surface area contributed by atoms with Gasteiger partial charge < -0.3 is 10.1 Å². The lowest BCUT2D eigenvalue weighted by molar-refractivity contribution is -0.142. The van der Waals surface area contributed by atoms with Crippen molar-refractivity contribution in [3.63, 3.8) is 0 Å². The molecule has 1 atom stereocenters. The lowest BCUT2D eigenvalue weighted by Crippen LogP contribution is -2.43. The number of hydrogen-bond donors (Lipinski definition) is 1. The molecule has 0 fully saturated rings. The van der Waals surface area contributed by atoms with E-state index in [2.05, 4.69) is 4.74 Å². The first-order chi connectivity index (χ1) is 12.5. The summed E-state index contributed by atoms with van der Waals surface area (Å²) in [4.78, 5) is 24.9. The van der Waals surface area contributed by atoms with Crippen molar-refractivity contribution in [3.8, 4) is 0 Å². The van der Waals surface area contributed by atoms with Crippen molar-refractivity contribution in [2.24, 2.45) is 0 Å². The van der Waals surface area contributed by atoms with Gasteiger partial charge in [-0.15, -0.1) is 0 Å². The first kappa shape index (κ1) is 8.62. The molecular weight excluding hydrogens is 266 g/mol. The highest BCUT2D eigenvalue weighted by Crippen LogP contribution is 2.06. The van der Waals surface area contributed by atoms with Crippen molar-refractivity contribution in [3.05, 3.63) is 71.8 Å². The quantitative estimate of drug-likeness (QED) is 0.859. The number of hydrogen-bond acceptors (Lipinski definition) is 3. The van der Waals surface area contributed by atoms with E-state index in [0.29, 0.717) is 0 Å². The van der Waals surface area contributed by atoms with Crippen LogP contribution in [0.15, 0.2) is 60.7 Å². The van der Waals surface area contributed by atoms with E-state index in [1.54, 1.807) is 24.3 Å². The number of methoxy groups -OCH3 is 1. The molecule has 0 aliphatic heterocycles. The normalized spacial score (nSPS) is 18.5. The first-order valence-corrected chi connectivity index (χ1v) is 6.14. The summed E-state index contributed by atoms with van der Waals surface area (Å²) in [6.07, 6.45) is -2.79. The number of esters is 1. The van der Waals surface area contributed by atoms with Crippen LogP contribution < -0.4 is 5.32 Å². The zero-order chi connectivity index (χ0) is 20.3. The fourth-order valence-corrected chi connectivity index (χ4v) is 1.63. The van der Waals surface area contributed by atoms with Gasteiger partial charge in [-0.1, -0.05) is 48.5 Å². The maximum absolute atomic E-state index is 12.5. The molecule has 0 aromatic heterocycles. The molecule has 0 radical (unpaired) electrons. The molecule has 0 heterocycles. The summed E-state index contributed by atoms with van der Waals surface area (Å²) in [7, 11) is -3.20. The highest BCUT2D eigenvalue weighted by molar-refractivity contribution is 5.96. The first-order valence-electron chi connectivity index (χ1n) is 9.14. The number of ether oxygens (including phenoxy) is 1. The molecule has 108 valence electrons. The zero-order valence-corrected chi connectivity index (χ0v) is 11.0. The number of benzene rings is 2. The monoisotopic (exact) mass is 289 g/mol. The van der Waals surface area contributed by atoms with Gasteiger partial charge in [0.2, 0.25) is 0 Å². The molecule has 0 saturated heterocycles. The van der Waals surface area contributed by atoms with Gasteiger partial charge in [0.05, 0.1) is 12.5 Å². The fraction of sp³-hybridized carbons (Fsp3) is 0.176. The molecule has 2 rings (SSSR count). The molecular formula is C17H17NO3. The standard InChI is InChI=1S/C17H17NO3/c1-21-17(20)15(12-13-8-4-2-5-9-13)18-16(19)14-10-6-3-7-11-14/h2-11,15H,12H2,1H3,(H,18,19)/i1D3,12D2,15D. The Balaban J connectivity index is 2.48. The number of amides is 1. The van der Waals surface area contributed by atoms with Gasteiger partial charge in [0, 0.05) is 14.7 Å². The van der Waals surface area contributed by atoms with Gasteiger partial charge in [0.25, 0.3) is 5.91 Å². The Morgan fingerprint density at radius 2 is 1.81 bits per heavy atom. The summed E-state index contributed by atoms with van der Waals surface area (Å²) in [5.74, 6) is -2.66. The minimum atomic E-state index is -3.20. The highest BCUT2D eigenvalue weighted by atomic mass is 16.5. The third kappa shape index (κ3) is 4.18. The molecule has 4 nitrogen and oxygen atoms in total. The lowest BCUT2D eigenvalue weighted by atomic mass is 10.1. The van der Waals surface area contributed by atoms with Crippen LogP contribution in [0.5, 0.6) is 0 Å². The van der Waals surface area contributed by atoms with Crippen LogP contribution in [0.1, 0.15) is 24.1 Å². The second kappa shape index (κ2) is 7.24. The van der Waals surface area contributed by atoms with Crippen LogP contribution in [0.2, 0.25) is 0 Å². The Hall–Kier alpha value is -2.62. The number of rotatable bonds is 5. The van der Waals surface area contributed by atoms with Gasteiger partial charge in [-0.2, -0.15) is 0 Å². The van der Waals surface area contributed by atoms with Crippen LogP contribution in [0.4, 0.5) is 0 Å². The Labute approximate surface area is 132 Å². The van der Waals surface area contributed by atoms with Crippen LogP contribution >= 0.6 is 0 Å². The van der Waals surface area contributed by atoms with Crippen LogP contribution in [-0.4, -0.2) is 24.9 Å². The second-order valence-electron chi connectivity index (χ2n) is 4.08. The fourth-order valence-electron chi connectivity index (χ4n) is 1.63. The summed E-state index contributed by atoms with van der Waals surface area (Å²) in [6.45, 7) is 0. The topological polar surface area (TPSA) is 55.4 Å². The Morgan fingerprint density at radius 1 is 1.19 bits per heavy atom. The third-order valence-corrected chi connectivity index (χ3v) is 2.61. The number of carbonyl (C=O) groups excluding carboxylic acids is 2. The van der Waals surface area contributed by atoms with E-state index in [9.17, 15) is 9.59 Å². The third-order valence-electron chi connectivity index (χ3n) is 2.61. The average molecular weight is 289 g/mol. The van der Waals surface area contributed by atoms with E-state index >= 15 is 0 Å². The molecule has 0 saturated carbocycles. The second-order valence-corrected chi connectivity index (χ2v) is 4.08. The van der Waals surface area contributed by atoms with Crippen LogP contribution in [0.3, 0.4) is 0 Å². The van der Waals surface area contributed by atoms with Crippen LogP contribution in [0, 0.1) is 0 Å². The maximum Gasteiger partial charge on any atom is 0.328 e. The largest absolute Gasteiger partial charge is 0.467 e. The van der Waals surface area contributed by atoms with Crippen molar-refractivity contribution in [1.82, 2.24) is 5.32 Å². The van der Waals surface area contributed by atoms with E-state index in [4.69, 9.17) is 8.22 Å².